The SMILES string of the molecule is NCc1ccc(C(=O)c2ccc(-c3ccccc3)cc2)o1. The minimum atomic E-state index is -0.130. The molecule has 0 aliphatic rings. The van der Waals surface area contributed by atoms with Gasteiger partial charge in [-0.2, -0.15) is 0 Å². The largest absolute Gasteiger partial charge is 0.456 e. The number of furan rings is 1. The van der Waals surface area contributed by atoms with Gasteiger partial charge < -0.3 is 10.2 Å². The molecule has 21 heavy (non-hydrogen) atoms. The fraction of sp³-hybridized carbons (Fsp3) is 0.0556. The van der Waals surface area contributed by atoms with E-state index < -0.39 is 0 Å². The quantitative estimate of drug-likeness (QED) is 0.741. The first-order chi connectivity index (χ1) is 10.3. The zero-order valence-electron chi connectivity index (χ0n) is 11.5. The molecular formula is C18H15NO2. The van der Waals surface area contributed by atoms with Crippen LogP contribution in [-0.2, 0) is 6.54 Å². The monoisotopic (exact) mass is 277 g/mol. The van der Waals surface area contributed by atoms with Crippen LogP contribution in [0.5, 0.6) is 0 Å². The van der Waals surface area contributed by atoms with Crippen molar-refractivity contribution < 1.29 is 9.21 Å². The summed E-state index contributed by atoms with van der Waals surface area (Å²) in [7, 11) is 0. The molecule has 3 rings (SSSR count). The molecule has 0 saturated heterocycles. The van der Waals surface area contributed by atoms with E-state index in [4.69, 9.17) is 10.2 Å². The minimum absolute atomic E-state index is 0.130. The molecule has 2 N–H and O–H groups in total. The normalized spacial score (nSPS) is 10.5. The zero-order valence-corrected chi connectivity index (χ0v) is 11.5. The van der Waals surface area contributed by atoms with Gasteiger partial charge in [0.25, 0.3) is 0 Å². The van der Waals surface area contributed by atoms with Crippen LogP contribution in [0.3, 0.4) is 0 Å². The Bertz CT molecular complexity index is 742. The molecule has 0 amide bonds. The molecule has 2 aromatic carbocycles. The number of carbonyl (C=O) groups excluding carboxylic acids is 1. The van der Waals surface area contributed by atoms with Gasteiger partial charge in [-0.1, -0.05) is 54.6 Å². The van der Waals surface area contributed by atoms with Crippen molar-refractivity contribution in [3.05, 3.63) is 83.8 Å². The molecule has 104 valence electrons. The third-order valence-corrected chi connectivity index (χ3v) is 3.34. The first kappa shape index (κ1) is 13.3. The number of ketones is 1. The van der Waals surface area contributed by atoms with Crippen LogP contribution in [0.2, 0.25) is 0 Å². The van der Waals surface area contributed by atoms with Crippen molar-refractivity contribution in [2.24, 2.45) is 5.73 Å². The van der Waals surface area contributed by atoms with E-state index >= 15 is 0 Å². The standard InChI is InChI=1S/C18H15NO2/c19-12-16-10-11-17(21-16)18(20)15-8-6-14(7-9-15)13-4-2-1-3-5-13/h1-11H,12,19H2. The highest BCUT2D eigenvalue weighted by Gasteiger charge is 2.13. The summed E-state index contributed by atoms with van der Waals surface area (Å²) in [6.07, 6.45) is 0. The fourth-order valence-corrected chi connectivity index (χ4v) is 2.20. The Labute approximate surface area is 123 Å². The number of nitrogens with two attached hydrogens (primary N) is 1. The minimum Gasteiger partial charge on any atom is -0.456 e. The van der Waals surface area contributed by atoms with Crippen LogP contribution >= 0.6 is 0 Å². The van der Waals surface area contributed by atoms with Crippen molar-refractivity contribution in [3.8, 4) is 11.1 Å². The summed E-state index contributed by atoms with van der Waals surface area (Å²) in [5, 5.41) is 0. The molecule has 1 heterocycles. The van der Waals surface area contributed by atoms with Gasteiger partial charge in [-0.05, 0) is 23.3 Å². The number of hydrogen-bond donors (Lipinski definition) is 1. The molecule has 1 aromatic heterocycles. The molecule has 0 aliphatic heterocycles. The van der Waals surface area contributed by atoms with Crippen LogP contribution in [0, 0.1) is 0 Å². The second-order valence-corrected chi connectivity index (χ2v) is 4.74. The second-order valence-electron chi connectivity index (χ2n) is 4.74. The van der Waals surface area contributed by atoms with E-state index in [0.29, 0.717) is 23.6 Å². The van der Waals surface area contributed by atoms with Crippen molar-refractivity contribution in [1.29, 1.82) is 0 Å². The molecule has 0 radical (unpaired) electrons. The van der Waals surface area contributed by atoms with Gasteiger partial charge in [-0.15, -0.1) is 0 Å². The summed E-state index contributed by atoms with van der Waals surface area (Å²) < 4.78 is 5.39. The Kier molecular flexibility index (Phi) is 3.67. The maximum Gasteiger partial charge on any atom is 0.228 e. The summed E-state index contributed by atoms with van der Waals surface area (Å²) in [5.41, 5.74) is 8.29. The van der Waals surface area contributed by atoms with Gasteiger partial charge in [0.05, 0.1) is 6.54 Å². The molecule has 0 atom stereocenters. The molecule has 3 heteroatoms. The van der Waals surface area contributed by atoms with Gasteiger partial charge in [0.1, 0.15) is 5.76 Å². The number of hydrogen-bond acceptors (Lipinski definition) is 3. The van der Waals surface area contributed by atoms with Crippen LogP contribution in [0.15, 0.2) is 71.1 Å². The Morgan fingerprint density at radius 3 is 2.14 bits per heavy atom. The first-order valence-electron chi connectivity index (χ1n) is 6.77. The molecule has 3 aromatic rings. The predicted octanol–water partition coefficient (Wildman–Crippen LogP) is 3.64. The van der Waals surface area contributed by atoms with Crippen LogP contribution in [0.1, 0.15) is 21.9 Å². The third-order valence-electron chi connectivity index (χ3n) is 3.34. The molecule has 0 unspecified atom stereocenters. The van der Waals surface area contributed by atoms with E-state index in [9.17, 15) is 4.79 Å². The van der Waals surface area contributed by atoms with E-state index in [1.807, 2.05) is 54.6 Å². The van der Waals surface area contributed by atoms with E-state index in [2.05, 4.69) is 0 Å². The highest BCUT2D eigenvalue weighted by Crippen LogP contribution is 2.21. The molecule has 3 nitrogen and oxygen atoms in total. The first-order valence-corrected chi connectivity index (χ1v) is 6.77. The summed E-state index contributed by atoms with van der Waals surface area (Å²) in [5.74, 6) is 0.802. The third kappa shape index (κ3) is 2.78. The van der Waals surface area contributed by atoms with Gasteiger partial charge >= 0.3 is 0 Å². The maximum atomic E-state index is 12.3. The number of benzene rings is 2. The van der Waals surface area contributed by atoms with Crippen molar-refractivity contribution in [3.63, 3.8) is 0 Å². The molecule has 0 aliphatic carbocycles. The number of carbonyl (C=O) groups is 1. The average Bonchev–Trinajstić information content (AvgIpc) is 3.04. The summed E-state index contributed by atoms with van der Waals surface area (Å²) in [6, 6.07) is 20.9. The number of rotatable bonds is 4. The molecular weight excluding hydrogens is 262 g/mol. The highest BCUT2D eigenvalue weighted by molar-refractivity contribution is 6.07. The van der Waals surface area contributed by atoms with Crippen LogP contribution < -0.4 is 5.73 Å². The topological polar surface area (TPSA) is 56.2 Å². The van der Waals surface area contributed by atoms with Gasteiger partial charge in [-0.3, -0.25) is 4.79 Å². The van der Waals surface area contributed by atoms with E-state index in [0.717, 1.165) is 11.1 Å². The summed E-state index contributed by atoms with van der Waals surface area (Å²) in [4.78, 5) is 12.3. The lowest BCUT2D eigenvalue weighted by Gasteiger charge is -2.03. The van der Waals surface area contributed by atoms with Gasteiger partial charge in [0.2, 0.25) is 5.78 Å². The molecule has 0 fully saturated rings. The predicted molar refractivity (Wildman–Crippen MR) is 81.9 cm³/mol. The molecule has 0 bridgehead atoms. The van der Waals surface area contributed by atoms with Crippen molar-refractivity contribution in [2.45, 2.75) is 6.54 Å². The Morgan fingerprint density at radius 2 is 1.52 bits per heavy atom. The van der Waals surface area contributed by atoms with Crippen LogP contribution in [0.4, 0.5) is 0 Å². The maximum absolute atomic E-state index is 12.3. The Balaban J connectivity index is 1.85. The fourth-order valence-electron chi connectivity index (χ4n) is 2.20. The van der Waals surface area contributed by atoms with Crippen LogP contribution in [-0.4, -0.2) is 5.78 Å². The molecule has 0 saturated carbocycles. The Morgan fingerprint density at radius 1 is 0.857 bits per heavy atom. The second kappa shape index (κ2) is 5.77. The van der Waals surface area contributed by atoms with E-state index in [1.165, 1.54) is 0 Å². The lowest BCUT2D eigenvalue weighted by Crippen LogP contribution is -1.99. The Hall–Kier alpha value is -2.65. The van der Waals surface area contributed by atoms with Gasteiger partial charge in [-0.25, -0.2) is 0 Å². The summed E-state index contributed by atoms with van der Waals surface area (Å²) >= 11 is 0. The lowest BCUT2D eigenvalue weighted by atomic mass is 10.0. The zero-order chi connectivity index (χ0) is 14.7. The van der Waals surface area contributed by atoms with Gasteiger partial charge in [0.15, 0.2) is 5.76 Å². The van der Waals surface area contributed by atoms with E-state index in [-0.39, 0.29) is 5.78 Å². The average molecular weight is 277 g/mol. The van der Waals surface area contributed by atoms with E-state index in [1.54, 1.807) is 12.1 Å². The van der Waals surface area contributed by atoms with Crippen molar-refractivity contribution in [2.75, 3.05) is 0 Å². The highest BCUT2D eigenvalue weighted by atomic mass is 16.3. The van der Waals surface area contributed by atoms with Gasteiger partial charge in [0, 0.05) is 5.56 Å². The van der Waals surface area contributed by atoms with Crippen molar-refractivity contribution >= 4 is 5.78 Å². The molecule has 0 spiro atoms. The van der Waals surface area contributed by atoms with Crippen LogP contribution in [0.25, 0.3) is 11.1 Å². The van der Waals surface area contributed by atoms with Crippen molar-refractivity contribution in [1.82, 2.24) is 0 Å². The summed E-state index contributed by atoms with van der Waals surface area (Å²) in [6.45, 7) is 0.292. The smallest absolute Gasteiger partial charge is 0.228 e. The lowest BCUT2D eigenvalue weighted by molar-refractivity contribution is 0.101.